The molecule has 0 saturated carbocycles. The van der Waals surface area contributed by atoms with Crippen molar-refractivity contribution in [1.82, 2.24) is 9.97 Å². The Hall–Kier alpha value is -2.34. The van der Waals surface area contributed by atoms with Crippen molar-refractivity contribution in [1.29, 1.82) is 0 Å². The predicted octanol–water partition coefficient (Wildman–Crippen LogP) is 2.66. The first-order chi connectivity index (χ1) is 10.2. The summed E-state index contributed by atoms with van der Waals surface area (Å²) in [5.41, 5.74) is 5.61. The molecule has 1 aromatic heterocycles. The van der Waals surface area contributed by atoms with Gasteiger partial charge in [-0.15, -0.1) is 0 Å². The van der Waals surface area contributed by atoms with E-state index >= 15 is 0 Å². The van der Waals surface area contributed by atoms with E-state index in [-0.39, 0.29) is 0 Å². The molecule has 0 aliphatic heterocycles. The van der Waals surface area contributed by atoms with E-state index in [0.717, 1.165) is 30.2 Å². The third-order valence-electron chi connectivity index (χ3n) is 3.36. The quantitative estimate of drug-likeness (QED) is 0.559. The van der Waals surface area contributed by atoms with Gasteiger partial charge in [0.05, 0.1) is 0 Å². The Balaban J connectivity index is 2.17. The number of anilines is 4. The van der Waals surface area contributed by atoms with Gasteiger partial charge in [-0.2, -0.15) is 4.98 Å². The number of hydrazine groups is 1. The molecular formula is C15H22N6. The highest BCUT2D eigenvalue weighted by atomic mass is 15.3. The van der Waals surface area contributed by atoms with Crippen LogP contribution in [0.2, 0.25) is 0 Å². The van der Waals surface area contributed by atoms with Crippen molar-refractivity contribution < 1.29 is 0 Å². The zero-order chi connectivity index (χ0) is 15.2. The highest BCUT2D eigenvalue weighted by Crippen LogP contribution is 2.22. The number of aromatic nitrogens is 2. The third kappa shape index (κ3) is 3.61. The molecule has 1 heterocycles. The van der Waals surface area contributed by atoms with Gasteiger partial charge in [0.2, 0.25) is 5.95 Å². The second kappa shape index (κ2) is 6.90. The van der Waals surface area contributed by atoms with Crippen molar-refractivity contribution in [2.45, 2.75) is 20.8 Å². The molecular weight excluding hydrogens is 264 g/mol. The Morgan fingerprint density at radius 3 is 2.38 bits per heavy atom. The minimum absolute atomic E-state index is 0.392. The molecule has 0 bridgehead atoms. The van der Waals surface area contributed by atoms with E-state index in [2.05, 4.69) is 51.6 Å². The van der Waals surface area contributed by atoms with E-state index in [4.69, 9.17) is 5.84 Å². The smallest absolute Gasteiger partial charge is 0.239 e. The van der Waals surface area contributed by atoms with E-state index in [0.29, 0.717) is 5.95 Å². The number of hydrogen-bond donors (Lipinski definition) is 3. The van der Waals surface area contributed by atoms with E-state index in [1.165, 1.54) is 5.69 Å². The molecule has 0 fully saturated rings. The normalized spacial score (nSPS) is 10.3. The lowest BCUT2D eigenvalue weighted by molar-refractivity contribution is 0.866. The number of nitrogens with zero attached hydrogens (tertiary/aromatic N) is 3. The topological polar surface area (TPSA) is 79.1 Å². The molecule has 1 aromatic carbocycles. The van der Waals surface area contributed by atoms with Gasteiger partial charge >= 0.3 is 0 Å². The van der Waals surface area contributed by atoms with Gasteiger partial charge in [-0.1, -0.05) is 0 Å². The third-order valence-corrected chi connectivity index (χ3v) is 3.36. The Bertz CT molecular complexity index is 577. The van der Waals surface area contributed by atoms with Crippen LogP contribution < -0.4 is 21.5 Å². The fourth-order valence-corrected chi connectivity index (χ4v) is 2.12. The fourth-order valence-electron chi connectivity index (χ4n) is 2.12. The Kier molecular flexibility index (Phi) is 4.94. The summed E-state index contributed by atoms with van der Waals surface area (Å²) in [7, 11) is 0. The Morgan fingerprint density at radius 2 is 1.81 bits per heavy atom. The SMILES string of the molecule is CCN(CC)c1ccc(Nc2nc(NN)ncc2C)cc1. The van der Waals surface area contributed by atoms with Crippen LogP contribution in [0.1, 0.15) is 19.4 Å². The lowest BCUT2D eigenvalue weighted by atomic mass is 10.2. The lowest BCUT2D eigenvalue weighted by Gasteiger charge is -2.21. The first-order valence-electron chi connectivity index (χ1n) is 7.10. The summed E-state index contributed by atoms with van der Waals surface area (Å²) < 4.78 is 0. The number of nitrogen functional groups attached to an aromatic ring is 1. The van der Waals surface area contributed by atoms with Gasteiger partial charge in [0.15, 0.2) is 0 Å². The summed E-state index contributed by atoms with van der Waals surface area (Å²) in [6.07, 6.45) is 1.73. The minimum Gasteiger partial charge on any atom is -0.372 e. The second-order valence-electron chi connectivity index (χ2n) is 4.71. The van der Waals surface area contributed by atoms with E-state index in [9.17, 15) is 0 Å². The average Bonchev–Trinajstić information content (AvgIpc) is 2.52. The summed E-state index contributed by atoms with van der Waals surface area (Å²) in [6, 6.07) is 8.30. The number of hydrogen-bond acceptors (Lipinski definition) is 6. The summed E-state index contributed by atoms with van der Waals surface area (Å²) in [5.74, 6) is 6.47. The van der Waals surface area contributed by atoms with Crippen LogP contribution in [0.4, 0.5) is 23.1 Å². The number of nitrogens with one attached hydrogen (secondary N) is 2. The van der Waals surface area contributed by atoms with E-state index < -0.39 is 0 Å². The zero-order valence-corrected chi connectivity index (χ0v) is 12.7. The molecule has 0 aliphatic rings. The standard InChI is InChI=1S/C15H22N6/c1-4-21(5-2)13-8-6-12(7-9-13)18-14-11(3)10-17-15(19-14)20-16/h6-10H,4-5,16H2,1-3H3,(H2,17,18,19,20). The molecule has 4 N–H and O–H groups in total. The summed E-state index contributed by atoms with van der Waals surface area (Å²) >= 11 is 0. The van der Waals surface area contributed by atoms with Crippen molar-refractivity contribution in [2.24, 2.45) is 5.84 Å². The molecule has 2 aromatic rings. The molecule has 0 amide bonds. The molecule has 0 saturated heterocycles. The first-order valence-corrected chi connectivity index (χ1v) is 7.10. The van der Waals surface area contributed by atoms with Crippen LogP contribution in [-0.2, 0) is 0 Å². The van der Waals surface area contributed by atoms with Gasteiger partial charge in [0.25, 0.3) is 0 Å². The molecule has 0 radical (unpaired) electrons. The van der Waals surface area contributed by atoms with Crippen LogP contribution in [0, 0.1) is 6.92 Å². The molecule has 6 nitrogen and oxygen atoms in total. The molecule has 6 heteroatoms. The Labute approximate surface area is 125 Å². The molecule has 0 unspecified atom stereocenters. The summed E-state index contributed by atoms with van der Waals surface area (Å²) in [6.45, 7) is 8.26. The predicted molar refractivity (Wildman–Crippen MR) is 87.9 cm³/mol. The Morgan fingerprint density at radius 1 is 1.14 bits per heavy atom. The van der Waals surface area contributed by atoms with Crippen molar-refractivity contribution in [3.05, 3.63) is 36.0 Å². The van der Waals surface area contributed by atoms with Crippen LogP contribution in [0.3, 0.4) is 0 Å². The fraction of sp³-hybridized carbons (Fsp3) is 0.333. The van der Waals surface area contributed by atoms with E-state index in [1.54, 1.807) is 6.20 Å². The van der Waals surface area contributed by atoms with Crippen LogP contribution in [0.25, 0.3) is 0 Å². The molecule has 112 valence electrons. The van der Waals surface area contributed by atoms with Crippen LogP contribution in [-0.4, -0.2) is 23.1 Å². The molecule has 2 rings (SSSR count). The number of benzene rings is 1. The molecule has 21 heavy (non-hydrogen) atoms. The zero-order valence-electron chi connectivity index (χ0n) is 12.7. The number of nitrogens with two attached hydrogens (primary N) is 1. The van der Waals surface area contributed by atoms with Gasteiger partial charge in [0, 0.05) is 36.2 Å². The van der Waals surface area contributed by atoms with Crippen LogP contribution in [0.5, 0.6) is 0 Å². The number of rotatable bonds is 6. The summed E-state index contributed by atoms with van der Waals surface area (Å²) in [5, 5.41) is 3.28. The summed E-state index contributed by atoms with van der Waals surface area (Å²) in [4.78, 5) is 10.7. The molecule has 0 atom stereocenters. The van der Waals surface area contributed by atoms with E-state index in [1.807, 2.05) is 19.1 Å². The monoisotopic (exact) mass is 286 g/mol. The van der Waals surface area contributed by atoms with Gasteiger partial charge in [-0.25, -0.2) is 10.8 Å². The minimum atomic E-state index is 0.392. The average molecular weight is 286 g/mol. The van der Waals surface area contributed by atoms with Gasteiger partial charge in [0.1, 0.15) is 5.82 Å². The second-order valence-corrected chi connectivity index (χ2v) is 4.71. The molecule has 0 aliphatic carbocycles. The van der Waals surface area contributed by atoms with Crippen LogP contribution in [0.15, 0.2) is 30.5 Å². The van der Waals surface area contributed by atoms with Crippen molar-refractivity contribution in [3.8, 4) is 0 Å². The first kappa shape index (κ1) is 15.1. The lowest BCUT2D eigenvalue weighted by Crippen LogP contribution is -2.21. The highest BCUT2D eigenvalue weighted by Gasteiger charge is 2.05. The van der Waals surface area contributed by atoms with Crippen LogP contribution >= 0.6 is 0 Å². The van der Waals surface area contributed by atoms with Gasteiger partial charge in [-0.3, -0.25) is 5.43 Å². The van der Waals surface area contributed by atoms with Crippen molar-refractivity contribution in [2.75, 3.05) is 28.7 Å². The maximum atomic E-state index is 5.34. The molecule has 0 spiro atoms. The largest absolute Gasteiger partial charge is 0.372 e. The maximum Gasteiger partial charge on any atom is 0.239 e. The van der Waals surface area contributed by atoms with Crippen molar-refractivity contribution >= 4 is 23.1 Å². The van der Waals surface area contributed by atoms with Gasteiger partial charge < -0.3 is 10.2 Å². The van der Waals surface area contributed by atoms with Crippen molar-refractivity contribution in [3.63, 3.8) is 0 Å². The number of aryl methyl sites for hydroxylation is 1. The van der Waals surface area contributed by atoms with Gasteiger partial charge in [-0.05, 0) is 45.0 Å². The maximum absolute atomic E-state index is 5.34. The highest BCUT2D eigenvalue weighted by molar-refractivity contribution is 5.63.